The van der Waals surface area contributed by atoms with Gasteiger partial charge in [-0.2, -0.15) is 0 Å². The van der Waals surface area contributed by atoms with E-state index >= 15 is 0 Å². The standard InChI is InChI=1S/C8H6F5IN2O/c9-7(10)4-1-3(14)6(5(2-15)16-4)17-8(11,12)13/h1,7H,2,15H2. The number of alkyl halides is 5. The van der Waals surface area contributed by atoms with E-state index in [1.165, 1.54) is 22.6 Å². The summed E-state index contributed by atoms with van der Waals surface area (Å²) in [6, 6.07) is 0.825. The Bertz CT molecular complexity index is 410. The van der Waals surface area contributed by atoms with Gasteiger partial charge in [0.2, 0.25) is 0 Å². The minimum atomic E-state index is -4.92. The highest BCUT2D eigenvalue weighted by Gasteiger charge is 2.33. The van der Waals surface area contributed by atoms with Crippen molar-refractivity contribution < 1.29 is 26.7 Å². The summed E-state index contributed by atoms with van der Waals surface area (Å²) in [5.74, 6) is -0.634. The first-order chi connectivity index (χ1) is 7.74. The lowest BCUT2D eigenvalue weighted by molar-refractivity contribution is -0.275. The van der Waals surface area contributed by atoms with E-state index in [1.807, 2.05) is 0 Å². The maximum absolute atomic E-state index is 12.4. The van der Waals surface area contributed by atoms with Gasteiger partial charge in [0.05, 0.1) is 9.26 Å². The van der Waals surface area contributed by atoms with Gasteiger partial charge in [-0.05, 0) is 28.7 Å². The van der Waals surface area contributed by atoms with Crippen molar-refractivity contribution in [2.45, 2.75) is 19.3 Å². The molecule has 0 amide bonds. The maximum atomic E-state index is 12.4. The molecular formula is C8H6F5IN2O. The molecule has 0 radical (unpaired) electrons. The molecule has 1 rings (SSSR count). The van der Waals surface area contributed by atoms with Gasteiger partial charge in [0.25, 0.3) is 6.43 Å². The van der Waals surface area contributed by atoms with Crippen LogP contribution in [0.1, 0.15) is 17.8 Å². The molecule has 0 bridgehead atoms. The molecule has 1 heterocycles. The Morgan fingerprint density at radius 1 is 1.41 bits per heavy atom. The van der Waals surface area contributed by atoms with Crippen molar-refractivity contribution in [2.75, 3.05) is 0 Å². The Morgan fingerprint density at radius 3 is 2.41 bits per heavy atom. The lowest BCUT2D eigenvalue weighted by atomic mass is 10.2. The van der Waals surface area contributed by atoms with Crippen LogP contribution in [0.25, 0.3) is 0 Å². The van der Waals surface area contributed by atoms with Gasteiger partial charge in [0.15, 0.2) is 5.75 Å². The van der Waals surface area contributed by atoms with Crippen LogP contribution in [0.4, 0.5) is 22.0 Å². The number of hydrogen-bond donors (Lipinski definition) is 1. The highest BCUT2D eigenvalue weighted by molar-refractivity contribution is 14.1. The van der Waals surface area contributed by atoms with E-state index in [1.54, 1.807) is 0 Å². The molecule has 0 unspecified atom stereocenters. The minimum absolute atomic E-state index is 0.120. The number of ether oxygens (including phenoxy) is 1. The smallest absolute Gasteiger partial charge is 0.403 e. The molecule has 0 aliphatic carbocycles. The Hall–Kier alpha value is -0.710. The molecule has 2 N–H and O–H groups in total. The number of aromatic nitrogens is 1. The van der Waals surface area contributed by atoms with Gasteiger partial charge in [-0.1, -0.05) is 0 Å². The SMILES string of the molecule is NCc1nc(C(F)F)cc(I)c1OC(F)(F)F. The second-order valence-electron chi connectivity index (χ2n) is 2.86. The van der Waals surface area contributed by atoms with Gasteiger partial charge >= 0.3 is 6.36 Å². The number of nitrogens with zero attached hydrogens (tertiary/aromatic N) is 1. The number of nitrogens with two attached hydrogens (primary N) is 1. The van der Waals surface area contributed by atoms with Gasteiger partial charge in [0.1, 0.15) is 5.69 Å². The number of pyridine rings is 1. The minimum Gasteiger partial charge on any atom is -0.403 e. The highest BCUT2D eigenvalue weighted by atomic mass is 127. The lowest BCUT2D eigenvalue weighted by Gasteiger charge is -2.14. The van der Waals surface area contributed by atoms with Crippen LogP contribution in [-0.4, -0.2) is 11.3 Å². The summed E-state index contributed by atoms with van der Waals surface area (Å²) in [7, 11) is 0. The molecule has 0 saturated carbocycles. The van der Waals surface area contributed by atoms with E-state index < -0.39 is 30.8 Å². The average molecular weight is 368 g/mol. The zero-order chi connectivity index (χ0) is 13.2. The van der Waals surface area contributed by atoms with Crippen LogP contribution >= 0.6 is 22.6 Å². The van der Waals surface area contributed by atoms with Crippen molar-refractivity contribution in [3.8, 4) is 5.75 Å². The molecule has 0 atom stereocenters. The quantitative estimate of drug-likeness (QED) is 0.659. The molecule has 0 aliphatic heterocycles. The van der Waals surface area contributed by atoms with Gasteiger partial charge in [-0.15, -0.1) is 13.2 Å². The van der Waals surface area contributed by atoms with Crippen LogP contribution in [0.15, 0.2) is 6.07 Å². The first-order valence-electron chi connectivity index (χ1n) is 4.18. The van der Waals surface area contributed by atoms with Gasteiger partial charge in [-0.3, -0.25) is 0 Å². The molecule has 0 spiro atoms. The third kappa shape index (κ3) is 3.91. The Labute approximate surface area is 106 Å². The zero-order valence-corrected chi connectivity index (χ0v) is 10.2. The Balaban J connectivity index is 3.21. The highest BCUT2D eigenvalue weighted by Crippen LogP contribution is 2.32. The van der Waals surface area contributed by atoms with Crippen molar-refractivity contribution in [1.82, 2.24) is 4.98 Å². The Kier molecular flexibility index (Phi) is 4.47. The van der Waals surface area contributed by atoms with E-state index in [-0.39, 0.29) is 9.26 Å². The topological polar surface area (TPSA) is 48.1 Å². The van der Waals surface area contributed by atoms with Crippen LogP contribution in [0, 0.1) is 3.57 Å². The fourth-order valence-corrected chi connectivity index (χ4v) is 1.79. The predicted molar refractivity (Wildman–Crippen MR) is 56.5 cm³/mol. The number of halogens is 6. The van der Waals surface area contributed by atoms with E-state index in [0.717, 1.165) is 6.07 Å². The van der Waals surface area contributed by atoms with Gasteiger partial charge in [-0.25, -0.2) is 13.8 Å². The van der Waals surface area contributed by atoms with E-state index in [0.29, 0.717) is 0 Å². The summed E-state index contributed by atoms with van der Waals surface area (Å²) in [6.45, 7) is -0.429. The average Bonchev–Trinajstić information content (AvgIpc) is 2.18. The molecule has 17 heavy (non-hydrogen) atoms. The molecule has 3 nitrogen and oxygen atoms in total. The Morgan fingerprint density at radius 2 is 2.00 bits per heavy atom. The van der Waals surface area contributed by atoms with Crippen LogP contribution in [-0.2, 0) is 6.54 Å². The van der Waals surface area contributed by atoms with Crippen molar-refractivity contribution >= 4 is 22.6 Å². The first kappa shape index (κ1) is 14.4. The van der Waals surface area contributed by atoms with Crippen molar-refractivity contribution in [3.63, 3.8) is 0 Å². The van der Waals surface area contributed by atoms with Crippen molar-refractivity contribution in [1.29, 1.82) is 0 Å². The summed E-state index contributed by atoms with van der Waals surface area (Å²) in [5.41, 5.74) is 4.16. The largest absolute Gasteiger partial charge is 0.573 e. The maximum Gasteiger partial charge on any atom is 0.573 e. The fraction of sp³-hybridized carbons (Fsp3) is 0.375. The molecule has 0 aliphatic rings. The first-order valence-corrected chi connectivity index (χ1v) is 5.25. The molecular weight excluding hydrogens is 362 g/mol. The second kappa shape index (κ2) is 5.29. The third-order valence-corrected chi connectivity index (χ3v) is 2.45. The summed E-state index contributed by atoms with van der Waals surface area (Å²) in [5, 5.41) is 0. The van der Waals surface area contributed by atoms with Crippen molar-refractivity contribution in [2.24, 2.45) is 5.73 Å². The summed E-state index contributed by atoms with van der Waals surface area (Å²) >= 11 is 1.45. The van der Waals surface area contributed by atoms with Crippen LogP contribution in [0.2, 0.25) is 0 Å². The van der Waals surface area contributed by atoms with Crippen LogP contribution in [0.5, 0.6) is 5.75 Å². The van der Waals surface area contributed by atoms with Crippen molar-refractivity contribution in [3.05, 3.63) is 21.0 Å². The van der Waals surface area contributed by atoms with Crippen LogP contribution < -0.4 is 10.5 Å². The molecule has 0 aromatic carbocycles. The molecule has 9 heteroatoms. The normalized spacial score (nSPS) is 12.0. The number of hydrogen-bond acceptors (Lipinski definition) is 3. The monoisotopic (exact) mass is 368 g/mol. The fourth-order valence-electron chi connectivity index (χ4n) is 1.05. The lowest BCUT2D eigenvalue weighted by Crippen LogP contribution is -2.20. The number of rotatable bonds is 3. The van der Waals surface area contributed by atoms with E-state index in [2.05, 4.69) is 9.72 Å². The van der Waals surface area contributed by atoms with Gasteiger partial charge in [0, 0.05) is 6.54 Å². The zero-order valence-electron chi connectivity index (χ0n) is 8.06. The molecule has 1 aromatic heterocycles. The summed E-state index contributed by atoms with van der Waals surface area (Å²) < 4.78 is 64.5. The summed E-state index contributed by atoms with van der Waals surface area (Å²) in [6.07, 6.45) is -7.80. The van der Waals surface area contributed by atoms with Gasteiger partial charge < -0.3 is 10.5 Å². The predicted octanol–water partition coefficient (Wildman–Crippen LogP) is 2.98. The van der Waals surface area contributed by atoms with E-state index in [9.17, 15) is 22.0 Å². The molecule has 0 saturated heterocycles. The second-order valence-corrected chi connectivity index (χ2v) is 4.02. The third-order valence-electron chi connectivity index (χ3n) is 1.65. The molecule has 1 aromatic rings. The molecule has 96 valence electrons. The van der Waals surface area contributed by atoms with Crippen LogP contribution in [0.3, 0.4) is 0 Å². The van der Waals surface area contributed by atoms with E-state index in [4.69, 9.17) is 5.73 Å². The molecule has 0 fully saturated rings. The summed E-state index contributed by atoms with van der Waals surface area (Å²) in [4.78, 5) is 3.33.